The molecule has 1 aliphatic heterocycles. The molecule has 1 aliphatic rings. The van der Waals surface area contributed by atoms with Crippen LogP contribution in [0.5, 0.6) is 5.75 Å². The lowest BCUT2D eigenvalue weighted by Crippen LogP contribution is -2.40. The quantitative estimate of drug-likeness (QED) is 0.885. The van der Waals surface area contributed by atoms with Crippen LogP contribution < -0.4 is 4.74 Å². The first-order chi connectivity index (χ1) is 12.2. The van der Waals surface area contributed by atoms with E-state index in [1.807, 2.05) is 25.7 Å². The van der Waals surface area contributed by atoms with E-state index >= 15 is 0 Å². The van der Waals surface area contributed by atoms with E-state index in [-0.39, 0.29) is 6.09 Å². The van der Waals surface area contributed by atoms with Crippen LogP contribution in [0.4, 0.5) is 4.79 Å². The Hall–Kier alpha value is -2.28. The van der Waals surface area contributed by atoms with Crippen LogP contribution in [0.3, 0.4) is 0 Å². The number of nitrogens with zero attached hydrogens (tertiary/aromatic N) is 2. The summed E-state index contributed by atoms with van der Waals surface area (Å²) in [5.41, 5.74) is 0.121. The van der Waals surface area contributed by atoms with Crippen LogP contribution in [0.1, 0.15) is 38.8 Å². The van der Waals surface area contributed by atoms with E-state index in [9.17, 15) is 14.7 Å². The highest BCUT2D eigenvalue weighted by Crippen LogP contribution is 2.26. The lowest BCUT2D eigenvalue weighted by Gasteiger charge is -2.28. The predicted molar refractivity (Wildman–Crippen MR) is 97.4 cm³/mol. The van der Waals surface area contributed by atoms with Gasteiger partial charge in [0, 0.05) is 26.2 Å². The summed E-state index contributed by atoms with van der Waals surface area (Å²) in [5.74, 6) is -0.289. The maximum Gasteiger partial charge on any atom is 0.410 e. The second-order valence-electron chi connectivity index (χ2n) is 7.37. The standard InChI is InChI=1S/C19H28N2O5/c1-19(2,3)26-18(24)21-10-6-9-20(11-12-21)16(17(22)23)14-7-5-8-15(13-14)25-4/h5,7-8,13,16H,6,9-12H2,1-4H3,(H,22,23). The Morgan fingerprint density at radius 3 is 2.50 bits per heavy atom. The van der Waals surface area contributed by atoms with E-state index in [2.05, 4.69) is 0 Å². The molecule has 1 saturated heterocycles. The molecule has 26 heavy (non-hydrogen) atoms. The molecule has 0 aromatic heterocycles. The number of hydrogen-bond acceptors (Lipinski definition) is 5. The van der Waals surface area contributed by atoms with Crippen LogP contribution in [0, 0.1) is 0 Å². The molecule has 1 N–H and O–H groups in total. The maximum absolute atomic E-state index is 12.3. The molecule has 1 aromatic carbocycles. The molecule has 1 aromatic rings. The van der Waals surface area contributed by atoms with Gasteiger partial charge in [0.05, 0.1) is 7.11 Å². The first kappa shape index (κ1) is 20.0. The Bertz CT molecular complexity index is 641. The number of methoxy groups -OCH3 is 1. The third kappa shape index (κ3) is 5.36. The van der Waals surface area contributed by atoms with Crippen molar-refractivity contribution in [1.29, 1.82) is 0 Å². The number of benzene rings is 1. The number of hydrogen-bond donors (Lipinski definition) is 1. The van der Waals surface area contributed by atoms with Crippen LogP contribution in [-0.2, 0) is 9.53 Å². The van der Waals surface area contributed by atoms with E-state index < -0.39 is 17.6 Å². The fourth-order valence-electron chi connectivity index (χ4n) is 3.03. The average molecular weight is 364 g/mol. The summed E-state index contributed by atoms with van der Waals surface area (Å²) >= 11 is 0. The lowest BCUT2D eigenvalue weighted by molar-refractivity contribution is -0.143. The average Bonchev–Trinajstić information content (AvgIpc) is 2.79. The van der Waals surface area contributed by atoms with E-state index in [0.717, 1.165) is 0 Å². The Morgan fingerprint density at radius 1 is 1.15 bits per heavy atom. The van der Waals surface area contributed by atoms with Gasteiger partial charge in [0.2, 0.25) is 0 Å². The second-order valence-corrected chi connectivity index (χ2v) is 7.37. The number of amides is 1. The smallest absolute Gasteiger partial charge is 0.410 e. The molecule has 1 amide bonds. The summed E-state index contributed by atoms with van der Waals surface area (Å²) < 4.78 is 10.6. The van der Waals surface area contributed by atoms with Crippen molar-refractivity contribution in [2.75, 3.05) is 33.3 Å². The second kappa shape index (κ2) is 8.40. The number of rotatable bonds is 4. The number of carbonyl (C=O) groups is 2. The number of carboxylic acid groups (broad SMARTS) is 1. The number of carbonyl (C=O) groups excluding carboxylic acids is 1. The molecule has 2 rings (SSSR count). The fraction of sp³-hybridized carbons (Fsp3) is 0.579. The number of aliphatic carboxylic acids is 1. The van der Waals surface area contributed by atoms with Gasteiger partial charge in [-0.15, -0.1) is 0 Å². The van der Waals surface area contributed by atoms with E-state index in [1.165, 1.54) is 0 Å². The molecule has 7 nitrogen and oxygen atoms in total. The van der Waals surface area contributed by atoms with Gasteiger partial charge in [-0.05, 0) is 44.9 Å². The Balaban J connectivity index is 2.11. The third-order valence-corrected chi connectivity index (χ3v) is 4.19. The molecule has 0 spiro atoms. The largest absolute Gasteiger partial charge is 0.497 e. The number of ether oxygens (including phenoxy) is 2. The zero-order chi connectivity index (χ0) is 19.3. The molecule has 0 saturated carbocycles. The maximum atomic E-state index is 12.3. The summed E-state index contributed by atoms with van der Waals surface area (Å²) in [4.78, 5) is 27.7. The van der Waals surface area contributed by atoms with Crippen LogP contribution in [0.2, 0.25) is 0 Å². The van der Waals surface area contributed by atoms with Gasteiger partial charge in [0.15, 0.2) is 0 Å². The summed E-state index contributed by atoms with van der Waals surface area (Å²) in [6.45, 7) is 7.54. The molecule has 1 atom stereocenters. The van der Waals surface area contributed by atoms with E-state index in [4.69, 9.17) is 9.47 Å². The highest BCUT2D eigenvalue weighted by Gasteiger charge is 2.31. The molecular weight excluding hydrogens is 336 g/mol. The van der Waals surface area contributed by atoms with Gasteiger partial charge >= 0.3 is 12.1 Å². The summed E-state index contributed by atoms with van der Waals surface area (Å²) in [6, 6.07) is 6.33. The molecule has 0 aliphatic carbocycles. The molecule has 1 unspecified atom stereocenters. The summed E-state index contributed by atoms with van der Waals surface area (Å²) in [7, 11) is 1.56. The first-order valence-electron chi connectivity index (χ1n) is 8.80. The minimum atomic E-state index is -0.913. The van der Waals surface area contributed by atoms with Crippen LogP contribution in [-0.4, -0.2) is 65.9 Å². The molecular formula is C19H28N2O5. The molecule has 1 fully saturated rings. The van der Waals surface area contributed by atoms with Gasteiger partial charge in [-0.3, -0.25) is 9.69 Å². The number of carboxylic acids is 1. The van der Waals surface area contributed by atoms with Crippen molar-refractivity contribution in [1.82, 2.24) is 9.80 Å². The predicted octanol–water partition coefficient (Wildman–Crippen LogP) is 2.76. The van der Waals surface area contributed by atoms with Crippen molar-refractivity contribution in [3.05, 3.63) is 29.8 Å². The van der Waals surface area contributed by atoms with Crippen molar-refractivity contribution >= 4 is 12.1 Å². The Labute approximate surface area is 154 Å². The van der Waals surface area contributed by atoms with E-state index in [0.29, 0.717) is 43.9 Å². The normalized spacial score (nSPS) is 17.3. The highest BCUT2D eigenvalue weighted by molar-refractivity contribution is 5.76. The van der Waals surface area contributed by atoms with Gasteiger partial charge < -0.3 is 19.5 Å². The molecule has 1 heterocycles. The first-order valence-corrected chi connectivity index (χ1v) is 8.80. The Kier molecular flexibility index (Phi) is 6.47. The third-order valence-electron chi connectivity index (χ3n) is 4.19. The van der Waals surface area contributed by atoms with Crippen LogP contribution in [0.25, 0.3) is 0 Å². The topological polar surface area (TPSA) is 79.3 Å². The van der Waals surface area contributed by atoms with Crippen LogP contribution >= 0.6 is 0 Å². The van der Waals surface area contributed by atoms with Gasteiger partial charge in [-0.25, -0.2) is 4.79 Å². The van der Waals surface area contributed by atoms with Gasteiger partial charge in [-0.2, -0.15) is 0 Å². The summed E-state index contributed by atoms with van der Waals surface area (Å²) in [5, 5.41) is 9.77. The molecule has 7 heteroatoms. The minimum absolute atomic E-state index is 0.354. The zero-order valence-electron chi connectivity index (χ0n) is 15.9. The minimum Gasteiger partial charge on any atom is -0.497 e. The van der Waals surface area contributed by atoms with Gasteiger partial charge in [0.1, 0.15) is 17.4 Å². The highest BCUT2D eigenvalue weighted by atomic mass is 16.6. The van der Waals surface area contributed by atoms with Crippen molar-refractivity contribution in [2.45, 2.75) is 38.8 Å². The SMILES string of the molecule is COc1cccc(C(C(=O)O)N2CCCN(C(=O)OC(C)(C)C)CC2)c1. The monoisotopic (exact) mass is 364 g/mol. The van der Waals surface area contributed by atoms with Crippen LogP contribution in [0.15, 0.2) is 24.3 Å². The lowest BCUT2D eigenvalue weighted by atomic mass is 10.0. The van der Waals surface area contributed by atoms with Crippen molar-refractivity contribution in [3.8, 4) is 5.75 Å². The van der Waals surface area contributed by atoms with E-state index in [1.54, 1.807) is 36.3 Å². The molecule has 0 radical (unpaired) electrons. The van der Waals surface area contributed by atoms with Gasteiger partial charge in [-0.1, -0.05) is 12.1 Å². The van der Waals surface area contributed by atoms with Gasteiger partial charge in [0.25, 0.3) is 0 Å². The summed E-state index contributed by atoms with van der Waals surface area (Å²) in [6.07, 6.45) is 0.333. The zero-order valence-corrected chi connectivity index (χ0v) is 15.9. The van der Waals surface area contributed by atoms with Crippen molar-refractivity contribution < 1.29 is 24.2 Å². The molecule has 144 valence electrons. The van der Waals surface area contributed by atoms with Crippen molar-refractivity contribution in [2.24, 2.45) is 0 Å². The fourth-order valence-corrected chi connectivity index (χ4v) is 3.03. The Morgan fingerprint density at radius 2 is 1.88 bits per heavy atom. The van der Waals surface area contributed by atoms with Crippen molar-refractivity contribution in [3.63, 3.8) is 0 Å². The molecule has 0 bridgehead atoms.